The van der Waals surface area contributed by atoms with Gasteiger partial charge in [0, 0.05) is 44.4 Å². The molecule has 0 aliphatic carbocycles. The highest BCUT2D eigenvalue weighted by Crippen LogP contribution is 2.43. The number of ether oxygens (including phenoxy) is 2. The molecule has 0 radical (unpaired) electrons. The van der Waals surface area contributed by atoms with Crippen molar-refractivity contribution in [2.24, 2.45) is 0 Å². The first-order valence-corrected chi connectivity index (χ1v) is 8.31. The second-order valence-corrected chi connectivity index (χ2v) is 6.83. The number of nitrogens with one attached hydrogen (secondary N) is 1. The monoisotopic (exact) mass is 331 g/mol. The Morgan fingerprint density at radius 2 is 2.42 bits per heavy atom. The quantitative estimate of drug-likeness (QED) is 0.934. The summed E-state index contributed by atoms with van der Waals surface area (Å²) in [5, 5.41) is 6.85. The van der Waals surface area contributed by atoms with E-state index >= 15 is 0 Å². The third-order valence-corrected chi connectivity index (χ3v) is 5.23. The first kappa shape index (κ1) is 15.7. The van der Waals surface area contributed by atoms with Crippen LogP contribution in [0.15, 0.2) is 36.7 Å². The highest BCUT2D eigenvalue weighted by molar-refractivity contribution is 5.24. The number of aromatic nitrogens is 2. The molecule has 5 nitrogen and oxygen atoms in total. The minimum Gasteiger partial charge on any atom is -0.377 e. The van der Waals surface area contributed by atoms with Gasteiger partial charge in [-0.2, -0.15) is 5.10 Å². The lowest BCUT2D eigenvalue weighted by Crippen LogP contribution is -2.42. The molecule has 1 spiro atoms. The van der Waals surface area contributed by atoms with Crippen LogP contribution in [0.5, 0.6) is 0 Å². The molecule has 0 bridgehead atoms. The summed E-state index contributed by atoms with van der Waals surface area (Å²) in [6.45, 7) is 3.09. The van der Waals surface area contributed by atoms with Crippen molar-refractivity contribution in [2.45, 2.75) is 30.6 Å². The van der Waals surface area contributed by atoms with Crippen LogP contribution in [0.25, 0.3) is 0 Å². The molecule has 24 heavy (non-hydrogen) atoms. The molecule has 2 fully saturated rings. The first-order valence-electron chi connectivity index (χ1n) is 8.31. The van der Waals surface area contributed by atoms with Crippen LogP contribution in [0, 0.1) is 5.82 Å². The van der Waals surface area contributed by atoms with Crippen molar-refractivity contribution in [3.05, 3.63) is 53.6 Å². The van der Waals surface area contributed by atoms with E-state index in [4.69, 9.17) is 9.47 Å². The van der Waals surface area contributed by atoms with E-state index in [0.29, 0.717) is 6.61 Å². The Labute approximate surface area is 140 Å². The maximum absolute atomic E-state index is 13.5. The van der Waals surface area contributed by atoms with E-state index in [9.17, 15) is 4.39 Å². The van der Waals surface area contributed by atoms with Gasteiger partial charge in [-0.3, -0.25) is 10.00 Å². The fourth-order valence-corrected chi connectivity index (χ4v) is 4.09. The number of aromatic amines is 1. The maximum atomic E-state index is 13.5. The van der Waals surface area contributed by atoms with Gasteiger partial charge in [0.05, 0.1) is 18.9 Å². The minimum absolute atomic E-state index is 0.0305. The van der Waals surface area contributed by atoms with E-state index in [1.54, 1.807) is 19.2 Å². The number of H-pyrrole nitrogens is 1. The normalized spacial score (nSPS) is 30.4. The number of methoxy groups -OCH3 is 1. The molecule has 1 N–H and O–H groups in total. The van der Waals surface area contributed by atoms with E-state index < -0.39 is 0 Å². The Bertz CT molecular complexity index is 693. The van der Waals surface area contributed by atoms with Crippen LogP contribution in [0.4, 0.5) is 4.39 Å². The second-order valence-electron chi connectivity index (χ2n) is 6.83. The van der Waals surface area contributed by atoms with Crippen LogP contribution in [0.2, 0.25) is 0 Å². The SMILES string of the molecule is CO[C@@H]1CN(Cc2cn[nH]c2)C[C@]12C[C@@H](c1cccc(F)c1)CO2. The van der Waals surface area contributed by atoms with Gasteiger partial charge in [0.15, 0.2) is 0 Å². The molecule has 0 unspecified atom stereocenters. The number of rotatable bonds is 4. The fourth-order valence-electron chi connectivity index (χ4n) is 4.09. The summed E-state index contributed by atoms with van der Waals surface area (Å²) < 4.78 is 25.5. The second kappa shape index (κ2) is 6.27. The molecule has 3 heterocycles. The molecule has 3 atom stereocenters. The van der Waals surface area contributed by atoms with Crippen molar-refractivity contribution in [3.8, 4) is 0 Å². The fraction of sp³-hybridized carbons (Fsp3) is 0.500. The molecular formula is C18H22FN3O2. The zero-order valence-corrected chi connectivity index (χ0v) is 13.7. The average Bonchev–Trinajstić information content (AvgIpc) is 3.29. The van der Waals surface area contributed by atoms with Gasteiger partial charge in [-0.1, -0.05) is 12.1 Å². The van der Waals surface area contributed by atoms with E-state index in [1.807, 2.05) is 18.5 Å². The Hall–Kier alpha value is -1.76. The predicted octanol–water partition coefficient (Wildman–Crippen LogP) is 2.32. The molecule has 6 heteroatoms. The highest BCUT2D eigenvalue weighted by Gasteiger charge is 2.52. The molecular weight excluding hydrogens is 309 g/mol. The van der Waals surface area contributed by atoms with Gasteiger partial charge in [0.2, 0.25) is 0 Å². The highest BCUT2D eigenvalue weighted by atomic mass is 19.1. The number of likely N-dealkylation sites (tertiary alicyclic amines) is 1. The summed E-state index contributed by atoms with van der Waals surface area (Å²) in [6.07, 6.45) is 4.65. The Balaban J connectivity index is 1.49. The lowest BCUT2D eigenvalue weighted by atomic mass is 9.87. The lowest BCUT2D eigenvalue weighted by Gasteiger charge is -2.28. The van der Waals surface area contributed by atoms with Crippen molar-refractivity contribution in [1.29, 1.82) is 0 Å². The number of hydrogen-bond donors (Lipinski definition) is 1. The summed E-state index contributed by atoms with van der Waals surface area (Å²) in [5.41, 5.74) is 1.85. The Morgan fingerprint density at radius 3 is 3.17 bits per heavy atom. The molecule has 2 aromatic rings. The third-order valence-electron chi connectivity index (χ3n) is 5.23. The third kappa shape index (κ3) is 2.85. The van der Waals surface area contributed by atoms with Gasteiger partial charge >= 0.3 is 0 Å². The Kier molecular flexibility index (Phi) is 4.12. The van der Waals surface area contributed by atoms with Crippen molar-refractivity contribution in [2.75, 3.05) is 26.8 Å². The Morgan fingerprint density at radius 1 is 1.50 bits per heavy atom. The van der Waals surface area contributed by atoms with Crippen molar-refractivity contribution < 1.29 is 13.9 Å². The average molecular weight is 331 g/mol. The number of halogens is 1. The summed E-state index contributed by atoms with van der Waals surface area (Å²) in [7, 11) is 1.74. The molecule has 4 rings (SSSR count). The van der Waals surface area contributed by atoms with Crippen molar-refractivity contribution in [3.63, 3.8) is 0 Å². The number of hydrogen-bond acceptors (Lipinski definition) is 4. The van der Waals surface area contributed by atoms with Crippen molar-refractivity contribution in [1.82, 2.24) is 15.1 Å². The van der Waals surface area contributed by atoms with E-state index in [0.717, 1.165) is 37.2 Å². The van der Waals surface area contributed by atoms with E-state index in [-0.39, 0.29) is 23.4 Å². The number of benzene rings is 1. The predicted molar refractivity (Wildman–Crippen MR) is 87.1 cm³/mol. The molecule has 1 aromatic carbocycles. The smallest absolute Gasteiger partial charge is 0.123 e. The van der Waals surface area contributed by atoms with Crippen LogP contribution in [-0.2, 0) is 16.0 Å². The van der Waals surface area contributed by atoms with Gasteiger partial charge in [-0.05, 0) is 24.1 Å². The standard InChI is InChI=1S/C18H22FN3O2/c1-23-17-10-22(9-13-7-20-21-8-13)12-18(17)6-15(11-24-18)14-3-2-4-16(19)5-14/h2-5,7-8,15,17H,6,9-12H2,1H3,(H,20,21)/t15-,17-,18-/m1/s1. The van der Waals surface area contributed by atoms with Gasteiger partial charge in [-0.15, -0.1) is 0 Å². The number of nitrogens with zero attached hydrogens (tertiary/aromatic N) is 2. The zero-order valence-electron chi connectivity index (χ0n) is 13.7. The first-order chi connectivity index (χ1) is 11.7. The molecule has 2 saturated heterocycles. The van der Waals surface area contributed by atoms with Gasteiger partial charge in [0.1, 0.15) is 11.4 Å². The maximum Gasteiger partial charge on any atom is 0.123 e. The topological polar surface area (TPSA) is 50.4 Å². The molecule has 1 aromatic heterocycles. The van der Waals surface area contributed by atoms with Crippen LogP contribution in [0.1, 0.15) is 23.5 Å². The summed E-state index contributed by atoms with van der Waals surface area (Å²) in [6, 6.07) is 6.85. The van der Waals surface area contributed by atoms with Crippen LogP contribution in [0.3, 0.4) is 0 Å². The summed E-state index contributed by atoms with van der Waals surface area (Å²) in [4.78, 5) is 2.34. The van der Waals surface area contributed by atoms with Gasteiger partial charge in [-0.25, -0.2) is 4.39 Å². The van der Waals surface area contributed by atoms with Gasteiger partial charge in [0.25, 0.3) is 0 Å². The molecule has 128 valence electrons. The van der Waals surface area contributed by atoms with Crippen LogP contribution >= 0.6 is 0 Å². The summed E-state index contributed by atoms with van der Waals surface area (Å²) in [5.74, 6) is 0.0250. The largest absolute Gasteiger partial charge is 0.377 e. The van der Waals surface area contributed by atoms with Crippen LogP contribution < -0.4 is 0 Å². The summed E-state index contributed by atoms with van der Waals surface area (Å²) >= 11 is 0. The van der Waals surface area contributed by atoms with E-state index in [2.05, 4.69) is 15.1 Å². The molecule has 0 amide bonds. The lowest BCUT2D eigenvalue weighted by molar-refractivity contribution is -0.0757. The zero-order chi connectivity index (χ0) is 16.6. The van der Waals surface area contributed by atoms with E-state index in [1.165, 1.54) is 6.07 Å². The van der Waals surface area contributed by atoms with Crippen LogP contribution in [-0.4, -0.2) is 53.6 Å². The molecule has 2 aliphatic rings. The molecule has 0 saturated carbocycles. The van der Waals surface area contributed by atoms with Gasteiger partial charge < -0.3 is 9.47 Å². The minimum atomic E-state index is -0.310. The molecule has 2 aliphatic heterocycles. The van der Waals surface area contributed by atoms with Crippen molar-refractivity contribution >= 4 is 0 Å².